The van der Waals surface area contributed by atoms with Gasteiger partial charge in [0.25, 0.3) is 0 Å². The van der Waals surface area contributed by atoms with Gasteiger partial charge in [0.05, 0.1) is 5.92 Å². The summed E-state index contributed by atoms with van der Waals surface area (Å²) in [6.45, 7) is 3.54. The average Bonchev–Trinajstić information content (AvgIpc) is 1.97. The van der Waals surface area contributed by atoms with E-state index >= 15 is 0 Å². The predicted molar refractivity (Wildman–Crippen MR) is 37.6 cm³/mol. The Balaban J connectivity index is 2.81. The smallest absolute Gasteiger partial charge is 0.308 e. The largest absolute Gasteiger partial charge is 0.481 e. The maximum atomic E-state index is 10.4. The SMILES string of the molecule is [2H][C@@]1(Br)[C@H](C(=O)O)C1(C)C. The number of carboxylic acid groups (broad SMARTS) is 1. The highest BCUT2D eigenvalue weighted by Crippen LogP contribution is 2.56. The van der Waals surface area contributed by atoms with Gasteiger partial charge >= 0.3 is 5.97 Å². The molecule has 0 aromatic carbocycles. The van der Waals surface area contributed by atoms with Crippen LogP contribution in [0.1, 0.15) is 15.2 Å². The molecule has 1 N–H and O–H groups in total. The van der Waals surface area contributed by atoms with Gasteiger partial charge in [0, 0.05) is 6.17 Å². The number of aliphatic carboxylic acids is 1. The van der Waals surface area contributed by atoms with Crippen molar-refractivity contribution in [2.75, 3.05) is 0 Å². The van der Waals surface area contributed by atoms with Crippen molar-refractivity contribution in [3.63, 3.8) is 0 Å². The van der Waals surface area contributed by atoms with Crippen LogP contribution in [0.5, 0.6) is 0 Å². The molecule has 0 bridgehead atoms. The van der Waals surface area contributed by atoms with E-state index in [4.69, 9.17) is 6.48 Å². The van der Waals surface area contributed by atoms with Crippen LogP contribution >= 0.6 is 15.9 Å². The number of hydrogen-bond acceptors (Lipinski definition) is 1. The molecule has 1 saturated carbocycles. The second-order valence-electron chi connectivity index (χ2n) is 2.84. The Morgan fingerprint density at radius 1 is 1.89 bits per heavy atom. The molecule has 1 fully saturated rings. The molecule has 52 valence electrons. The first kappa shape index (κ1) is 5.71. The van der Waals surface area contributed by atoms with E-state index in [0.29, 0.717) is 0 Å². The van der Waals surface area contributed by atoms with Gasteiger partial charge in [-0.25, -0.2) is 0 Å². The third kappa shape index (κ3) is 0.874. The van der Waals surface area contributed by atoms with Crippen LogP contribution in [-0.4, -0.2) is 15.9 Å². The summed E-state index contributed by atoms with van der Waals surface area (Å²) in [6, 6.07) is 0. The third-order valence-electron chi connectivity index (χ3n) is 1.75. The van der Waals surface area contributed by atoms with Crippen LogP contribution in [0.2, 0.25) is 0 Å². The number of carboxylic acids is 1. The number of alkyl halides is 1. The lowest BCUT2D eigenvalue weighted by Gasteiger charge is -1.94. The van der Waals surface area contributed by atoms with E-state index in [1.807, 2.05) is 0 Å². The molecule has 1 aliphatic rings. The van der Waals surface area contributed by atoms with Crippen molar-refractivity contribution in [1.29, 1.82) is 0 Å². The lowest BCUT2D eigenvalue weighted by Crippen LogP contribution is -2.02. The summed E-state index contributed by atoms with van der Waals surface area (Å²) in [5, 5.41) is 8.57. The van der Waals surface area contributed by atoms with Gasteiger partial charge in [-0.15, -0.1) is 0 Å². The fraction of sp³-hybridized carbons (Fsp3) is 0.833. The predicted octanol–water partition coefficient (Wildman–Crippen LogP) is 1.49. The summed E-state index contributed by atoms with van der Waals surface area (Å²) in [5.41, 5.74) is -0.432. The first-order chi connectivity index (χ1) is 4.32. The molecule has 0 aromatic rings. The lowest BCUT2D eigenvalue weighted by molar-refractivity contribution is -0.139. The maximum Gasteiger partial charge on any atom is 0.308 e. The highest BCUT2D eigenvalue weighted by molar-refractivity contribution is 9.09. The Morgan fingerprint density at radius 2 is 2.22 bits per heavy atom. The van der Waals surface area contributed by atoms with Crippen molar-refractivity contribution in [2.24, 2.45) is 11.3 Å². The molecule has 9 heavy (non-hydrogen) atoms. The van der Waals surface area contributed by atoms with Crippen LogP contribution < -0.4 is 0 Å². The van der Waals surface area contributed by atoms with E-state index in [1.54, 1.807) is 13.8 Å². The van der Waals surface area contributed by atoms with Gasteiger partial charge in [-0.1, -0.05) is 29.8 Å². The number of hydrogen-bond donors (Lipinski definition) is 1. The summed E-state index contributed by atoms with van der Waals surface area (Å²) < 4.78 is 7.47. The second kappa shape index (κ2) is 1.72. The molecule has 0 amide bonds. The normalized spacial score (nSPS) is 47.9. The zero-order chi connectivity index (χ0) is 8.15. The molecule has 2 nitrogen and oxygen atoms in total. The quantitative estimate of drug-likeness (QED) is 0.642. The molecular weight excluding hydrogens is 184 g/mol. The third-order valence-corrected chi connectivity index (χ3v) is 3.23. The minimum atomic E-state index is -0.953. The molecular formula is C6H9BrO2. The number of halogens is 1. The Labute approximate surface area is 63.8 Å². The Hall–Kier alpha value is -0.0500. The zero-order valence-electron chi connectivity index (χ0n) is 6.31. The topological polar surface area (TPSA) is 37.3 Å². The summed E-state index contributed by atoms with van der Waals surface area (Å²) in [7, 11) is 0. The zero-order valence-corrected chi connectivity index (χ0v) is 6.90. The molecule has 1 aliphatic carbocycles. The molecule has 3 heteroatoms. The Kier molecular flexibility index (Phi) is 1.09. The molecule has 0 aliphatic heterocycles. The van der Waals surface area contributed by atoms with Gasteiger partial charge in [0.15, 0.2) is 0 Å². The van der Waals surface area contributed by atoms with Gasteiger partial charge < -0.3 is 5.11 Å². The summed E-state index contributed by atoms with van der Waals surface area (Å²) in [5.74, 6) is -1.46. The van der Waals surface area contributed by atoms with Crippen molar-refractivity contribution in [3.8, 4) is 0 Å². The molecule has 0 radical (unpaired) electrons. The minimum absolute atomic E-state index is 0.432. The molecule has 0 aromatic heterocycles. The van der Waals surface area contributed by atoms with Gasteiger partial charge in [-0.2, -0.15) is 0 Å². The van der Waals surface area contributed by atoms with Gasteiger partial charge in [-0.05, 0) is 5.41 Å². The highest BCUT2D eigenvalue weighted by Gasteiger charge is 2.60. The van der Waals surface area contributed by atoms with E-state index in [9.17, 15) is 4.79 Å². The number of carbonyl (C=O) groups is 1. The number of rotatable bonds is 1. The molecule has 0 heterocycles. The highest BCUT2D eigenvalue weighted by atomic mass is 79.9. The van der Waals surface area contributed by atoms with Crippen molar-refractivity contribution in [3.05, 3.63) is 0 Å². The van der Waals surface area contributed by atoms with Crippen LogP contribution in [-0.2, 0) is 4.79 Å². The van der Waals surface area contributed by atoms with Crippen molar-refractivity contribution in [1.82, 2.24) is 0 Å². The Morgan fingerprint density at radius 3 is 2.22 bits per heavy atom. The van der Waals surface area contributed by atoms with Crippen LogP contribution in [0.15, 0.2) is 0 Å². The monoisotopic (exact) mass is 193 g/mol. The van der Waals surface area contributed by atoms with E-state index in [-0.39, 0.29) is 0 Å². The van der Waals surface area contributed by atoms with Crippen molar-refractivity contribution in [2.45, 2.75) is 18.7 Å². The fourth-order valence-corrected chi connectivity index (χ4v) is 1.79. The van der Waals surface area contributed by atoms with Crippen molar-refractivity contribution < 1.29 is 11.3 Å². The van der Waals surface area contributed by atoms with Gasteiger partial charge in [0.1, 0.15) is 0 Å². The first-order valence-electron chi connectivity index (χ1n) is 3.23. The van der Waals surface area contributed by atoms with E-state index < -0.39 is 22.1 Å². The Bertz CT molecular complexity index is 174. The van der Waals surface area contributed by atoms with E-state index in [2.05, 4.69) is 15.9 Å². The second-order valence-corrected chi connectivity index (χ2v) is 3.70. The summed E-state index contributed by atoms with van der Waals surface area (Å²) >= 11 is 3.06. The first-order valence-corrected chi connectivity index (χ1v) is 3.53. The standard InChI is InChI=1S/C6H9BrO2/c1-6(2)3(4(6)7)5(8)9/h3-4H,1-2H3,(H,8,9)/t3-,4-/m1/s1/i4D. The molecule has 0 unspecified atom stereocenters. The molecule has 0 spiro atoms. The molecule has 2 atom stereocenters. The molecule has 0 saturated heterocycles. The van der Waals surface area contributed by atoms with Gasteiger partial charge in [-0.3, -0.25) is 4.79 Å². The lowest BCUT2D eigenvalue weighted by atomic mass is 10.1. The van der Waals surface area contributed by atoms with Crippen LogP contribution in [0.4, 0.5) is 0 Å². The minimum Gasteiger partial charge on any atom is -0.481 e. The van der Waals surface area contributed by atoms with E-state index in [0.717, 1.165) is 0 Å². The maximum absolute atomic E-state index is 10.4. The summed E-state index contributed by atoms with van der Waals surface area (Å²) in [4.78, 5) is 9.49. The van der Waals surface area contributed by atoms with Crippen LogP contribution in [0, 0.1) is 11.3 Å². The van der Waals surface area contributed by atoms with Crippen LogP contribution in [0.25, 0.3) is 0 Å². The van der Waals surface area contributed by atoms with Gasteiger partial charge in [0.2, 0.25) is 0 Å². The molecule has 1 rings (SSSR count). The van der Waals surface area contributed by atoms with Crippen LogP contribution in [0.3, 0.4) is 0 Å². The van der Waals surface area contributed by atoms with Crippen molar-refractivity contribution >= 4 is 21.9 Å². The fourth-order valence-electron chi connectivity index (χ4n) is 0.911. The summed E-state index contributed by atoms with van der Waals surface area (Å²) in [6.07, 6.45) is 0. The average molecular weight is 194 g/mol. The van der Waals surface area contributed by atoms with E-state index in [1.165, 1.54) is 0 Å².